The van der Waals surface area contributed by atoms with Gasteiger partial charge in [-0.05, 0) is 12.1 Å². The number of quaternary nitrogens is 1. The third-order valence-corrected chi connectivity index (χ3v) is 5.30. The minimum Gasteiger partial charge on any atom is -0.493 e. The molecule has 6 heteroatoms. The summed E-state index contributed by atoms with van der Waals surface area (Å²) < 4.78 is 10.5. The topological polar surface area (TPSA) is 52.0 Å². The summed E-state index contributed by atoms with van der Waals surface area (Å²) >= 11 is 6.21. The molecule has 1 aliphatic heterocycles. The highest BCUT2D eigenvalue weighted by atomic mass is 35.5. The van der Waals surface area contributed by atoms with E-state index >= 15 is 0 Å². The largest absolute Gasteiger partial charge is 0.493 e. The average Bonchev–Trinajstić information content (AvgIpc) is 2.69. The second-order valence-corrected chi connectivity index (χ2v) is 7.26. The summed E-state index contributed by atoms with van der Waals surface area (Å²) in [4.78, 5) is 14.2. The molecule has 1 fully saturated rings. The number of halogens is 1. The molecule has 0 spiro atoms. The predicted molar refractivity (Wildman–Crippen MR) is 106 cm³/mol. The Morgan fingerprint density at radius 1 is 1.15 bits per heavy atom. The molecule has 0 aliphatic carbocycles. The molecule has 1 aliphatic rings. The van der Waals surface area contributed by atoms with E-state index in [9.17, 15) is 4.79 Å². The van der Waals surface area contributed by atoms with E-state index in [0.717, 1.165) is 32.5 Å². The van der Waals surface area contributed by atoms with Crippen molar-refractivity contribution in [1.82, 2.24) is 5.32 Å². The van der Waals surface area contributed by atoms with Gasteiger partial charge in [0.1, 0.15) is 6.54 Å². The highest BCUT2D eigenvalue weighted by Gasteiger charge is 2.24. The van der Waals surface area contributed by atoms with E-state index in [0.29, 0.717) is 22.1 Å². The Bertz CT molecular complexity index is 774. The number of amides is 1. The van der Waals surface area contributed by atoms with Crippen LogP contribution in [0, 0.1) is 0 Å². The minimum absolute atomic E-state index is 0.130. The van der Waals surface area contributed by atoms with Gasteiger partial charge in [-0.2, -0.15) is 0 Å². The van der Waals surface area contributed by atoms with Gasteiger partial charge >= 0.3 is 0 Å². The predicted octanol–water partition coefficient (Wildman–Crippen LogP) is 2.33. The first-order valence-electron chi connectivity index (χ1n) is 9.20. The summed E-state index contributed by atoms with van der Waals surface area (Å²) in [6.45, 7) is 3.13. The van der Waals surface area contributed by atoms with Gasteiger partial charge in [-0.1, -0.05) is 41.9 Å². The summed E-state index contributed by atoms with van der Waals surface area (Å²) in [7, 11) is 3.05. The Labute approximate surface area is 165 Å². The molecule has 0 unspecified atom stereocenters. The third-order valence-electron chi connectivity index (χ3n) is 5.02. The molecule has 2 aromatic carbocycles. The van der Waals surface area contributed by atoms with Crippen LogP contribution in [-0.2, 0) is 6.54 Å². The second-order valence-electron chi connectivity index (χ2n) is 6.85. The van der Waals surface area contributed by atoms with Gasteiger partial charge in [-0.15, -0.1) is 0 Å². The zero-order valence-corrected chi connectivity index (χ0v) is 16.5. The molecule has 144 valence electrons. The summed E-state index contributed by atoms with van der Waals surface area (Å²) in [5.74, 6) is 0.764. The zero-order valence-electron chi connectivity index (χ0n) is 15.8. The van der Waals surface area contributed by atoms with Crippen LogP contribution in [0.1, 0.15) is 28.8 Å². The lowest BCUT2D eigenvalue weighted by atomic mass is 10.0. The highest BCUT2D eigenvalue weighted by molar-refractivity contribution is 6.32. The van der Waals surface area contributed by atoms with Gasteiger partial charge in [0.2, 0.25) is 0 Å². The van der Waals surface area contributed by atoms with Crippen molar-refractivity contribution < 1.29 is 19.2 Å². The molecule has 1 amide bonds. The maximum Gasteiger partial charge on any atom is 0.251 e. The normalized spacial score (nSPS) is 19.4. The molecule has 0 aromatic heterocycles. The maximum absolute atomic E-state index is 12.6. The Kier molecular flexibility index (Phi) is 6.58. The molecular formula is C21H26ClN2O3+. The minimum atomic E-state index is -0.130. The number of carbonyl (C=O) groups excluding carboxylic acids is 1. The van der Waals surface area contributed by atoms with E-state index in [2.05, 4.69) is 29.6 Å². The van der Waals surface area contributed by atoms with E-state index in [-0.39, 0.29) is 11.9 Å². The summed E-state index contributed by atoms with van der Waals surface area (Å²) in [5, 5.41) is 3.49. The molecule has 0 atom stereocenters. The SMILES string of the molecule is COc1cc(C(=O)NC2CC[NH+](Cc3ccccc3)CC2)cc(Cl)c1OC. The fraction of sp³-hybridized carbons (Fsp3) is 0.381. The highest BCUT2D eigenvalue weighted by Crippen LogP contribution is 2.36. The number of benzene rings is 2. The van der Waals surface area contributed by atoms with E-state index in [1.54, 1.807) is 17.0 Å². The van der Waals surface area contributed by atoms with E-state index < -0.39 is 0 Å². The number of likely N-dealkylation sites (tertiary alicyclic amines) is 1. The lowest BCUT2D eigenvalue weighted by Gasteiger charge is -2.30. The van der Waals surface area contributed by atoms with Gasteiger partial charge in [0.05, 0.1) is 32.3 Å². The molecule has 3 rings (SSSR count). The van der Waals surface area contributed by atoms with E-state index in [1.165, 1.54) is 19.8 Å². The van der Waals surface area contributed by atoms with Crippen molar-refractivity contribution in [3.63, 3.8) is 0 Å². The van der Waals surface area contributed by atoms with Gasteiger partial charge in [-0.3, -0.25) is 4.79 Å². The molecule has 27 heavy (non-hydrogen) atoms. The number of ether oxygens (including phenoxy) is 2. The summed E-state index contributed by atoms with van der Waals surface area (Å²) in [6.07, 6.45) is 1.93. The van der Waals surface area contributed by atoms with Crippen molar-refractivity contribution in [2.24, 2.45) is 0 Å². The fourth-order valence-corrected chi connectivity index (χ4v) is 3.84. The van der Waals surface area contributed by atoms with Crippen LogP contribution in [0.3, 0.4) is 0 Å². The molecule has 2 N–H and O–H groups in total. The average molecular weight is 390 g/mol. The molecule has 2 aromatic rings. The second kappa shape index (κ2) is 9.11. The molecule has 0 bridgehead atoms. The van der Waals surface area contributed by atoms with Crippen LogP contribution in [0.15, 0.2) is 42.5 Å². The first kappa shape index (κ1) is 19.5. The Balaban J connectivity index is 1.56. The number of methoxy groups -OCH3 is 2. The van der Waals surface area contributed by atoms with Gasteiger partial charge < -0.3 is 19.7 Å². The smallest absolute Gasteiger partial charge is 0.251 e. The number of hydrogen-bond donors (Lipinski definition) is 2. The first-order chi connectivity index (χ1) is 13.1. The van der Waals surface area contributed by atoms with Crippen LogP contribution < -0.4 is 19.7 Å². The Morgan fingerprint density at radius 2 is 1.85 bits per heavy atom. The van der Waals surface area contributed by atoms with Gasteiger partial charge in [0.25, 0.3) is 5.91 Å². The molecular weight excluding hydrogens is 364 g/mol. The lowest BCUT2D eigenvalue weighted by Crippen LogP contribution is -3.12. The van der Waals surface area contributed by atoms with Gasteiger partial charge in [0, 0.05) is 30.0 Å². The number of hydrogen-bond acceptors (Lipinski definition) is 3. The van der Waals surface area contributed by atoms with Gasteiger partial charge in [0.15, 0.2) is 11.5 Å². The quantitative estimate of drug-likeness (QED) is 0.797. The zero-order chi connectivity index (χ0) is 19.2. The number of nitrogens with one attached hydrogen (secondary N) is 2. The van der Waals surface area contributed by atoms with Crippen molar-refractivity contribution in [2.75, 3.05) is 27.3 Å². The molecule has 0 saturated carbocycles. The number of carbonyl (C=O) groups is 1. The van der Waals surface area contributed by atoms with Crippen molar-refractivity contribution >= 4 is 17.5 Å². The van der Waals surface area contributed by atoms with E-state index in [1.807, 2.05) is 6.07 Å². The van der Waals surface area contributed by atoms with Gasteiger partial charge in [-0.25, -0.2) is 0 Å². The third kappa shape index (κ3) is 4.93. The van der Waals surface area contributed by atoms with Crippen molar-refractivity contribution in [1.29, 1.82) is 0 Å². The number of rotatable bonds is 6. The van der Waals surface area contributed by atoms with Crippen LogP contribution in [-0.4, -0.2) is 39.3 Å². The Morgan fingerprint density at radius 3 is 2.48 bits per heavy atom. The van der Waals surface area contributed by atoms with Crippen LogP contribution in [0.2, 0.25) is 5.02 Å². The molecule has 5 nitrogen and oxygen atoms in total. The van der Waals surface area contributed by atoms with E-state index in [4.69, 9.17) is 21.1 Å². The lowest BCUT2D eigenvalue weighted by molar-refractivity contribution is -0.918. The van der Waals surface area contributed by atoms with Crippen molar-refractivity contribution in [3.8, 4) is 11.5 Å². The molecule has 0 radical (unpaired) electrons. The summed E-state index contributed by atoms with van der Waals surface area (Å²) in [5.41, 5.74) is 1.84. The van der Waals surface area contributed by atoms with Crippen LogP contribution in [0.25, 0.3) is 0 Å². The monoisotopic (exact) mass is 389 g/mol. The van der Waals surface area contributed by atoms with Crippen LogP contribution in [0.5, 0.6) is 11.5 Å². The van der Waals surface area contributed by atoms with Crippen LogP contribution >= 0.6 is 11.6 Å². The number of piperidine rings is 1. The fourth-order valence-electron chi connectivity index (χ4n) is 3.55. The molecule has 1 saturated heterocycles. The summed E-state index contributed by atoms with van der Waals surface area (Å²) in [6, 6.07) is 14.0. The van der Waals surface area contributed by atoms with Crippen molar-refractivity contribution in [3.05, 3.63) is 58.6 Å². The first-order valence-corrected chi connectivity index (χ1v) is 9.58. The maximum atomic E-state index is 12.6. The standard InChI is InChI=1S/C21H25ClN2O3/c1-26-19-13-16(12-18(22)20(19)27-2)21(25)23-17-8-10-24(11-9-17)14-15-6-4-3-5-7-15/h3-7,12-13,17H,8-11,14H2,1-2H3,(H,23,25)/p+1. The van der Waals surface area contributed by atoms with Crippen LogP contribution in [0.4, 0.5) is 0 Å². The van der Waals surface area contributed by atoms with Crippen molar-refractivity contribution in [2.45, 2.75) is 25.4 Å². The Hall–Kier alpha value is -2.24. The molecule has 1 heterocycles.